The predicted octanol–water partition coefficient (Wildman–Crippen LogP) is 2.72. The van der Waals surface area contributed by atoms with Crippen molar-refractivity contribution in [3.05, 3.63) is 35.6 Å². The smallest absolute Gasteiger partial charge is 0.235 e. The SMILES string of the molecule is CCN(Cc1ccc(OC)c(OC)c1)C(=O)CSCC(=O)Nc1cc(C)on1. The molecule has 2 amide bonds. The zero-order chi connectivity index (χ0) is 20.5. The zero-order valence-electron chi connectivity index (χ0n) is 16.5. The fourth-order valence-electron chi connectivity index (χ4n) is 2.50. The molecule has 1 aromatic carbocycles. The summed E-state index contributed by atoms with van der Waals surface area (Å²) < 4.78 is 15.4. The van der Waals surface area contributed by atoms with Gasteiger partial charge in [0.25, 0.3) is 0 Å². The molecular weight excluding hydrogens is 382 g/mol. The molecule has 0 saturated carbocycles. The molecule has 152 valence electrons. The summed E-state index contributed by atoms with van der Waals surface area (Å²) in [6.07, 6.45) is 0. The number of rotatable bonds is 10. The Kier molecular flexibility index (Phi) is 8.19. The third-order valence-electron chi connectivity index (χ3n) is 3.91. The van der Waals surface area contributed by atoms with Gasteiger partial charge in [-0.15, -0.1) is 11.8 Å². The number of amides is 2. The van der Waals surface area contributed by atoms with Gasteiger partial charge in [0.05, 0.1) is 25.7 Å². The number of aromatic nitrogens is 1. The minimum Gasteiger partial charge on any atom is -0.493 e. The minimum absolute atomic E-state index is 0.0348. The highest BCUT2D eigenvalue weighted by molar-refractivity contribution is 8.00. The van der Waals surface area contributed by atoms with Crippen molar-refractivity contribution in [1.82, 2.24) is 10.1 Å². The third kappa shape index (κ3) is 6.19. The number of carbonyl (C=O) groups is 2. The average molecular weight is 407 g/mol. The van der Waals surface area contributed by atoms with E-state index in [2.05, 4.69) is 10.5 Å². The lowest BCUT2D eigenvalue weighted by atomic mass is 10.2. The average Bonchev–Trinajstić information content (AvgIpc) is 3.10. The van der Waals surface area contributed by atoms with Crippen molar-refractivity contribution in [2.24, 2.45) is 0 Å². The summed E-state index contributed by atoms with van der Waals surface area (Å²) in [5.41, 5.74) is 0.942. The van der Waals surface area contributed by atoms with E-state index in [-0.39, 0.29) is 23.3 Å². The number of carbonyl (C=O) groups excluding carboxylic acids is 2. The molecule has 0 spiro atoms. The quantitative estimate of drug-likeness (QED) is 0.647. The number of ether oxygens (including phenoxy) is 2. The van der Waals surface area contributed by atoms with Crippen LogP contribution in [-0.4, -0.2) is 54.1 Å². The normalized spacial score (nSPS) is 10.4. The van der Waals surface area contributed by atoms with Gasteiger partial charge >= 0.3 is 0 Å². The molecule has 0 aliphatic heterocycles. The van der Waals surface area contributed by atoms with Crippen LogP contribution in [-0.2, 0) is 16.1 Å². The lowest BCUT2D eigenvalue weighted by Gasteiger charge is -2.21. The van der Waals surface area contributed by atoms with Crippen molar-refractivity contribution < 1.29 is 23.6 Å². The molecule has 2 rings (SSSR count). The summed E-state index contributed by atoms with van der Waals surface area (Å²) in [6, 6.07) is 7.21. The van der Waals surface area contributed by atoms with Crippen LogP contribution in [0.15, 0.2) is 28.8 Å². The maximum absolute atomic E-state index is 12.5. The molecule has 1 N–H and O–H groups in total. The van der Waals surface area contributed by atoms with E-state index in [9.17, 15) is 9.59 Å². The first-order valence-electron chi connectivity index (χ1n) is 8.76. The van der Waals surface area contributed by atoms with E-state index >= 15 is 0 Å². The summed E-state index contributed by atoms with van der Waals surface area (Å²) in [4.78, 5) is 26.1. The number of anilines is 1. The number of nitrogens with zero attached hydrogens (tertiary/aromatic N) is 2. The molecule has 0 bridgehead atoms. The summed E-state index contributed by atoms with van der Waals surface area (Å²) in [7, 11) is 3.16. The second kappa shape index (κ2) is 10.6. The number of aryl methyl sites for hydroxylation is 1. The Morgan fingerprint density at radius 3 is 2.54 bits per heavy atom. The molecule has 9 heteroatoms. The van der Waals surface area contributed by atoms with Crippen LogP contribution in [0.1, 0.15) is 18.2 Å². The van der Waals surface area contributed by atoms with Crippen LogP contribution in [0.3, 0.4) is 0 Å². The van der Waals surface area contributed by atoms with E-state index < -0.39 is 0 Å². The van der Waals surface area contributed by atoms with E-state index in [1.54, 1.807) is 32.1 Å². The van der Waals surface area contributed by atoms with Gasteiger partial charge < -0.3 is 24.2 Å². The van der Waals surface area contributed by atoms with Crippen LogP contribution in [0, 0.1) is 6.92 Å². The minimum atomic E-state index is -0.228. The fourth-order valence-corrected chi connectivity index (χ4v) is 3.22. The molecule has 0 radical (unpaired) electrons. The Bertz CT molecular complexity index is 809. The van der Waals surface area contributed by atoms with Crippen LogP contribution in [0.2, 0.25) is 0 Å². The van der Waals surface area contributed by atoms with Gasteiger partial charge in [-0.25, -0.2) is 0 Å². The Balaban J connectivity index is 1.83. The Hall–Kier alpha value is -2.68. The number of nitrogens with one attached hydrogen (secondary N) is 1. The van der Waals surface area contributed by atoms with Gasteiger partial charge in [0.2, 0.25) is 11.8 Å². The van der Waals surface area contributed by atoms with Crippen LogP contribution in [0.5, 0.6) is 11.5 Å². The largest absolute Gasteiger partial charge is 0.493 e. The predicted molar refractivity (Wildman–Crippen MR) is 108 cm³/mol. The highest BCUT2D eigenvalue weighted by atomic mass is 32.2. The lowest BCUT2D eigenvalue weighted by molar-refractivity contribution is -0.128. The van der Waals surface area contributed by atoms with Crippen LogP contribution < -0.4 is 14.8 Å². The van der Waals surface area contributed by atoms with Crippen LogP contribution in [0.25, 0.3) is 0 Å². The molecule has 28 heavy (non-hydrogen) atoms. The van der Waals surface area contributed by atoms with E-state index in [1.807, 2.05) is 25.1 Å². The van der Waals surface area contributed by atoms with Crippen LogP contribution in [0.4, 0.5) is 5.82 Å². The van der Waals surface area contributed by atoms with Crippen molar-refractivity contribution in [1.29, 1.82) is 0 Å². The van der Waals surface area contributed by atoms with Gasteiger partial charge in [0.15, 0.2) is 17.3 Å². The molecule has 8 nitrogen and oxygen atoms in total. The number of benzene rings is 1. The second-order valence-electron chi connectivity index (χ2n) is 5.96. The highest BCUT2D eigenvalue weighted by Crippen LogP contribution is 2.28. The molecule has 1 heterocycles. The van der Waals surface area contributed by atoms with Crippen molar-refractivity contribution in [2.75, 3.05) is 37.6 Å². The van der Waals surface area contributed by atoms with E-state index in [1.165, 1.54) is 11.8 Å². The monoisotopic (exact) mass is 407 g/mol. The summed E-state index contributed by atoms with van der Waals surface area (Å²) in [5, 5.41) is 6.33. The number of methoxy groups -OCH3 is 2. The maximum atomic E-state index is 12.5. The number of hydrogen-bond acceptors (Lipinski definition) is 7. The molecule has 0 aliphatic carbocycles. The Morgan fingerprint density at radius 2 is 1.93 bits per heavy atom. The topological polar surface area (TPSA) is 93.9 Å². The standard InChI is InChI=1S/C19H25N3O5S/c1-5-22(10-14-6-7-15(25-3)16(9-14)26-4)19(24)12-28-11-18(23)20-17-8-13(2)27-21-17/h6-9H,5,10-12H2,1-4H3,(H,20,21,23). The molecule has 2 aromatic rings. The van der Waals surface area contributed by atoms with Gasteiger partial charge in [0.1, 0.15) is 5.76 Å². The molecule has 0 aliphatic rings. The van der Waals surface area contributed by atoms with Gasteiger partial charge in [-0.1, -0.05) is 11.2 Å². The molecule has 0 atom stereocenters. The third-order valence-corrected chi connectivity index (χ3v) is 4.83. The highest BCUT2D eigenvalue weighted by Gasteiger charge is 2.15. The van der Waals surface area contributed by atoms with Crippen molar-refractivity contribution in [3.8, 4) is 11.5 Å². The molecular formula is C19H25N3O5S. The number of hydrogen-bond donors (Lipinski definition) is 1. The van der Waals surface area contributed by atoms with Crippen LogP contribution >= 0.6 is 11.8 Å². The molecule has 0 saturated heterocycles. The Morgan fingerprint density at radius 1 is 1.18 bits per heavy atom. The first-order chi connectivity index (χ1) is 13.5. The molecule has 1 aromatic heterocycles. The first-order valence-corrected chi connectivity index (χ1v) is 9.91. The second-order valence-corrected chi connectivity index (χ2v) is 6.95. The van der Waals surface area contributed by atoms with Gasteiger partial charge in [-0.05, 0) is 31.5 Å². The van der Waals surface area contributed by atoms with Crippen molar-refractivity contribution in [2.45, 2.75) is 20.4 Å². The van der Waals surface area contributed by atoms with Crippen molar-refractivity contribution >= 4 is 29.4 Å². The lowest BCUT2D eigenvalue weighted by Crippen LogP contribution is -2.32. The Labute approximate surface area is 168 Å². The van der Waals surface area contributed by atoms with Gasteiger partial charge in [0, 0.05) is 19.2 Å². The first kappa shape index (κ1) is 21.6. The summed E-state index contributed by atoms with van der Waals surface area (Å²) >= 11 is 1.26. The molecule has 0 fully saturated rings. The maximum Gasteiger partial charge on any atom is 0.235 e. The van der Waals surface area contributed by atoms with Gasteiger partial charge in [-0.3, -0.25) is 9.59 Å². The molecule has 0 unspecified atom stereocenters. The number of thioether (sulfide) groups is 1. The van der Waals surface area contributed by atoms with Gasteiger partial charge in [-0.2, -0.15) is 0 Å². The van der Waals surface area contributed by atoms with E-state index in [0.29, 0.717) is 36.2 Å². The van der Waals surface area contributed by atoms with E-state index in [4.69, 9.17) is 14.0 Å². The summed E-state index contributed by atoms with van der Waals surface area (Å²) in [6.45, 7) is 4.69. The summed E-state index contributed by atoms with van der Waals surface area (Å²) in [5.74, 6) is 2.37. The van der Waals surface area contributed by atoms with Crippen molar-refractivity contribution in [3.63, 3.8) is 0 Å². The zero-order valence-corrected chi connectivity index (χ0v) is 17.3. The van der Waals surface area contributed by atoms with E-state index in [0.717, 1.165) is 5.56 Å². The fraction of sp³-hybridized carbons (Fsp3) is 0.421.